The number of guanidine groups is 1. The van der Waals surface area contributed by atoms with Crippen molar-refractivity contribution in [1.82, 2.24) is 51.5 Å². The van der Waals surface area contributed by atoms with Gasteiger partial charge in [0.25, 0.3) is 10.9 Å². The Bertz CT molecular complexity index is 2980. The number of carboxylic acid groups (broad SMARTS) is 3. The van der Waals surface area contributed by atoms with Gasteiger partial charge in [-0.2, -0.15) is 0 Å². The lowest BCUT2D eigenvalue weighted by Crippen LogP contribution is -2.50. The SMILES string of the molecule is CCC(=O)NCCNC(=O)NC(N)=NCCC[C@@H](NC(=O)[C@H](c1ccccc1)c1cccc(NCCCNc2c(NCCNC(=O)CN3CCN(CC(=O)O)CCN(CC(=O)O)CCN(CC(=O)O)CC3)c(=O)c2=O)c1)C(=O)NCc1ccc(O)cc1. The van der Waals surface area contributed by atoms with Crippen molar-refractivity contribution in [3.63, 3.8) is 0 Å². The van der Waals surface area contributed by atoms with E-state index in [1.807, 2.05) is 30.3 Å². The van der Waals surface area contributed by atoms with Crippen LogP contribution < -0.4 is 64.4 Å². The summed E-state index contributed by atoms with van der Waals surface area (Å²) in [5.74, 6) is -5.63. The molecule has 1 aliphatic rings. The fraction of sp³-hybridized carbons (Fsp3) is 0.466. The number of carbonyl (C=O) groups excluding carboxylic acids is 5. The van der Waals surface area contributed by atoms with Crippen LogP contribution in [0.1, 0.15) is 55.2 Å². The van der Waals surface area contributed by atoms with Crippen LogP contribution in [0.3, 0.4) is 0 Å². The minimum atomic E-state index is -1.07. The fourth-order valence-electron chi connectivity index (χ4n) is 9.31. The van der Waals surface area contributed by atoms with Gasteiger partial charge in [-0.05, 0) is 60.2 Å². The number of aromatic hydroxyl groups is 1. The predicted octanol–water partition coefficient (Wildman–Crippen LogP) is -1.24. The number of nitrogens with two attached hydrogens (primary N) is 1. The predicted molar refractivity (Wildman–Crippen MR) is 325 cm³/mol. The van der Waals surface area contributed by atoms with Crippen molar-refractivity contribution in [3.8, 4) is 5.75 Å². The zero-order valence-corrected chi connectivity index (χ0v) is 48.8. The van der Waals surface area contributed by atoms with Gasteiger partial charge >= 0.3 is 23.9 Å². The Balaban J connectivity index is 1.13. The molecule has 5 rings (SSSR count). The van der Waals surface area contributed by atoms with Gasteiger partial charge in [0, 0.05) is 117 Å². The Morgan fingerprint density at radius 3 is 1.66 bits per heavy atom. The summed E-state index contributed by atoms with van der Waals surface area (Å²) in [6, 6.07) is 21.0. The summed E-state index contributed by atoms with van der Waals surface area (Å²) in [5, 5.41) is 63.8. The zero-order valence-electron chi connectivity index (χ0n) is 48.8. The quantitative estimate of drug-likeness (QED) is 0.0115. The van der Waals surface area contributed by atoms with Crippen LogP contribution in [0.25, 0.3) is 0 Å². The van der Waals surface area contributed by atoms with Crippen LogP contribution in [0.15, 0.2) is 93.4 Å². The standard InChI is InChI=1S/C58H81N15O14/c1-2-45(75)61-22-24-66-58(87)69-57(59)65-18-7-13-44(55(85)67-34-39-14-16-43(74)17-15-39)68-56(86)50(40-9-4-3-5-10-40)41-11-6-12-42(33-41)60-19-8-20-63-51-52(54(84)53(51)83)64-23-21-62-46(76)35-70-25-27-71(36-47(77)78)29-31-73(38-49(81)82)32-30-72(28-26-70)37-48(79)80/h3-6,9-12,14-17,33,44,50,60,63-64,74H,2,7-8,13,18-32,34-38H2,1H3,(H,61,75)(H,62,76)(H,67,85)(H,68,86)(H,77,78)(H,79,80)(H,81,82)(H4,59,65,66,69,87)/t44-,50-/m1/s1. The molecule has 1 heterocycles. The first kappa shape index (κ1) is 68.6. The van der Waals surface area contributed by atoms with Crippen molar-refractivity contribution in [2.75, 3.05) is 140 Å². The molecule has 15 N–H and O–H groups in total. The Morgan fingerprint density at radius 2 is 1.08 bits per heavy atom. The molecule has 0 aromatic heterocycles. The molecule has 0 aliphatic carbocycles. The molecule has 0 radical (unpaired) electrons. The van der Waals surface area contributed by atoms with Crippen LogP contribution in [0.5, 0.6) is 5.75 Å². The van der Waals surface area contributed by atoms with Crippen LogP contribution in [-0.2, 0) is 40.1 Å². The second-order valence-corrected chi connectivity index (χ2v) is 20.6. The molecule has 1 saturated heterocycles. The highest BCUT2D eigenvalue weighted by atomic mass is 16.4. The van der Waals surface area contributed by atoms with Gasteiger partial charge in [0.1, 0.15) is 23.2 Å². The average molecular weight is 1210 g/mol. The van der Waals surface area contributed by atoms with Gasteiger partial charge in [-0.1, -0.05) is 61.5 Å². The maximum atomic E-state index is 14.5. The molecule has 1 fully saturated rings. The van der Waals surface area contributed by atoms with Crippen molar-refractivity contribution in [3.05, 3.63) is 116 Å². The Labute approximate surface area is 503 Å². The summed E-state index contributed by atoms with van der Waals surface area (Å²) >= 11 is 0. The van der Waals surface area contributed by atoms with Crippen molar-refractivity contribution in [2.45, 2.75) is 51.1 Å². The van der Waals surface area contributed by atoms with E-state index >= 15 is 0 Å². The number of benzene rings is 3. The third-order valence-electron chi connectivity index (χ3n) is 13.9. The van der Waals surface area contributed by atoms with Gasteiger partial charge in [0.15, 0.2) is 5.96 Å². The molecular weight excluding hydrogens is 1130 g/mol. The number of rotatable bonds is 33. The number of aliphatic imine (C=N–C) groups is 1. The molecule has 87 heavy (non-hydrogen) atoms. The van der Waals surface area contributed by atoms with E-state index in [2.05, 4.69) is 52.8 Å². The highest BCUT2D eigenvalue weighted by Gasteiger charge is 2.29. The molecule has 0 unspecified atom stereocenters. The number of anilines is 3. The van der Waals surface area contributed by atoms with Gasteiger partial charge in [0.2, 0.25) is 23.6 Å². The van der Waals surface area contributed by atoms with Crippen LogP contribution in [0.4, 0.5) is 21.9 Å². The average Bonchev–Trinajstić information content (AvgIpc) is 1.41. The summed E-state index contributed by atoms with van der Waals surface area (Å²) in [6.45, 7) is 4.14. The summed E-state index contributed by atoms with van der Waals surface area (Å²) in [4.78, 5) is 136. The minimum absolute atomic E-state index is 0.0642. The number of urea groups is 1. The number of phenols is 1. The van der Waals surface area contributed by atoms with E-state index in [1.165, 1.54) is 12.1 Å². The Morgan fingerprint density at radius 1 is 0.563 bits per heavy atom. The number of phenolic OH excluding ortho intramolecular Hbond substituents is 1. The van der Waals surface area contributed by atoms with E-state index in [4.69, 9.17) is 5.73 Å². The van der Waals surface area contributed by atoms with Gasteiger partial charge < -0.3 is 68.7 Å². The third-order valence-corrected chi connectivity index (χ3v) is 13.9. The molecule has 0 saturated carbocycles. The number of aliphatic carboxylic acids is 3. The van der Waals surface area contributed by atoms with Gasteiger partial charge in [0.05, 0.1) is 32.1 Å². The first-order valence-electron chi connectivity index (χ1n) is 28.8. The zero-order chi connectivity index (χ0) is 63.1. The van der Waals surface area contributed by atoms with E-state index < -0.39 is 58.6 Å². The monoisotopic (exact) mass is 1210 g/mol. The maximum Gasteiger partial charge on any atom is 0.321 e. The summed E-state index contributed by atoms with van der Waals surface area (Å²) in [7, 11) is 0. The van der Waals surface area contributed by atoms with Crippen LogP contribution in [-0.4, -0.2) is 224 Å². The van der Waals surface area contributed by atoms with E-state index in [0.29, 0.717) is 48.3 Å². The molecule has 2 atom stereocenters. The highest BCUT2D eigenvalue weighted by molar-refractivity contribution is 5.95. The molecule has 4 aromatic rings. The van der Waals surface area contributed by atoms with E-state index in [1.54, 1.807) is 62.9 Å². The smallest absolute Gasteiger partial charge is 0.321 e. The van der Waals surface area contributed by atoms with Crippen molar-refractivity contribution in [1.29, 1.82) is 0 Å². The van der Waals surface area contributed by atoms with Gasteiger partial charge in [-0.3, -0.25) is 73.1 Å². The molecule has 472 valence electrons. The number of nitrogens with zero attached hydrogens (tertiary/aromatic N) is 5. The number of hydrogen-bond acceptors (Lipinski definition) is 19. The molecule has 29 heteroatoms. The molecule has 0 bridgehead atoms. The normalized spacial score (nSPS) is 14.7. The van der Waals surface area contributed by atoms with Crippen molar-refractivity contribution >= 4 is 70.6 Å². The van der Waals surface area contributed by atoms with Crippen molar-refractivity contribution < 1.29 is 58.8 Å². The lowest BCUT2D eigenvalue weighted by atomic mass is 9.89. The second-order valence-electron chi connectivity index (χ2n) is 20.6. The minimum Gasteiger partial charge on any atom is -0.508 e. The Kier molecular flexibility index (Phi) is 28.9. The molecule has 6 amide bonds. The fourth-order valence-corrected chi connectivity index (χ4v) is 9.31. The summed E-state index contributed by atoms with van der Waals surface area (Å²) < 4.78 is 0. The van der Waals surface area contributed by atoms with E-state index in [0.717, 1.165) is 0 Å². The van der Waals surface area contributed by atoms with Crippen LogP contribution in [0.2, 0.25) is 0 Å². The third kappa shape index (κ3) is 25.1. The molecular formula is C58H81N15O14. The largest absolute Gasteiger partial charge is 0.508 e. The lowest BCUT2D eigenvalue weighted by molar-refractivity contribution is -0.140. The second kappa shape index (κ2) is 36.6. The number of amides is 6. The highest BCUT2D eigenvalue weighted by Crippen LogP contribution is 2.28. The molecule has 1 aliphatic heterocycles. The lowest BCUT2D eigenvalue weighted by Gasteiger charge is -2.32. The first-order chi connectivity index (χ1) is 41.8. The van der Waals surface area contributed by atoms with Crippen LogP contribution in [0, 0.1) is 0 Å². The Hall–Kier alpha value is -9.19. The van der Waals surface area contributed by atoms with E-state index in [-0.39, 0.29) is 166 Å². The first-order valence-corrected chi connectivity index (χ1v) is 28.8. The van der Waals surface area contributed by atoms with Crippen molar-refractivity contribution in [2.24, 2.45) is 10.7 Å². The number of carboxylic acids is 3. The number of hydrogen-bond donors (Lipinski definition) is 14. The van der Waals surface area contributed by atoms with Gasteiger partial charge in [-0.15, -0.1) is 0 Å². The maximum absolute atomic E-state index is 14.5. The topological polar surface area (TPSA) is 411 Å². The van der Waals surface area contributed by atoms with Gasteiger partial charge in [-0.25, -0.2) is 4.79 Å². The van der Waals surface area contributed by atoms with Crippen LogP contribution >= 0.6 is 0 Å². The molecule has 4 aromatic carbocycles. The molecule has 0 spiro atoms. The molecule has 29 nitrogen and oxygen atoms in total. The number of carbonyl (C=O) groups is 8. The van der Waals surface area contributed by atoms with E-state index in [9.17, 15) is 68.4 Å². The number of nitrogens with one attached hydrogen (secondary N) is 9. The summed E-state index contributed by atoms with van der Waals surface area (Å²) in [5.41, 5.74) is 7.40. The summed E-state index contributed by atoms with van der Waals surface area (Å²) in [6.07, 6.45) is 1.22.